The van der Waals surface area contributed by atoms with E-state index in [2.05, 4.69) is 11.6 Å². The Morgan fingerprint density at radius 2 is 2.16 bits per heavy atom. The third kappa shape index (κ3) is 5.42. The number of phenols is 1. The predicted molar refractivity (Wildman–Crippen MR) is 79.2 cm³/mol. The molecule has 0 aromatic heterocycles. The van der Waals surface area contributed by atoms with E-state index in [1.165, 1.54) is 25.3 Å². The molecule has 106 valence electrons. The van der Waals surface area contributed by atoms with Crippen molar-refractivity contribution in [3.05, 3.63) is 23.8 Å². The third-order valence-electron chi connectivity index (χ3n) is 2.75. The van der Waals surface area contributed by atoms with Crippen molar-refractivity contribution in [3.63, 3.8) is 0 Å². The number of carbonyl (C=O) groups is 1. The minimum Gasteiger partial charge on any atom is -0.504 e. The average Bonchev–Trinajstić information content (AvgIpc) is 2.42. The number of aromatic hydroxyl groups is 1. The van der Waals surface area contributed by atoms with Crippen molar-refractivity contribution in [2.45, 2.75) is 19.3 Å². The van der Waals surface area contributed by atoms with Gasteiger partial charge in [-0.15, -0.1) is 0 Å². The van der Waals surface area contributed by atoms with Crippen molar-refractivity contribution < 1.29 is 14.6 Å². The van der Waals surface area contributed by atoms with Crippen molar-refractivity contribution in [1.29, 1.82) is 0 Å². The van der Waals surface area contributed by atoms with Crippen molar-refractivity contribution in [2.75, 3.05) is 25.7 Å². The first-order valence-electron chi connectivity index (χ1n) is 6.33. The lowest BCUT2D eigenvalue weighted by Crippen LogP contribution is -2.24. The molecule has 19 heavy (non-hydrogen) atoms. The van der Waals surface area contributed by atoms with Gasteiger partial charge < -0.3 is 15.2 Å². The Morgan fingerprint density at radius 3 is 2.79 bits per heavy atom. The summed E-state index contributed by atoms with van der Waals surface area (Å²) in [5.74, 6) is 1.35. The van der Waals surface area contributed by atoms with Gasteiger partial charge in [0.1, 0.15) is 0 Å². The first kappa shape index (κ1) is 15.7. The number of phenolic OH excluding ortho intramolecular Hbond substituents is 1. The maximum atomic E-state index is 11.8. The molecule has 0 spiro atoms. The van der Waals surface area contributed by atoms with Crippen molar-refractivity contribution in [2.24, 2.45) is 0 Å². The molecule has 0 saturated heterocycles. The number of benzene rings is 1. The highest BCUT2D eigenvalue weighted by Crippen LogP contribution is 2.26. The van der Waals surface area contributed by atoms with Crippen LogP contribution in [0.15, 0.2) is 18.2 Å². The fourth-order valence-electron chi connectivity index (χ4n) is 1.68. The fourth-order valence-corrected chi connectivity index (χ4v) is 2.18. The summed E-state index contributed by atoms with van der Waals surface area (Å²) in [5.41, 5.74) is 0.447. The number of nitrogens with one attached hydrogen (secondary N) is 1. The number of hydrogen-bond donors (Lipinski definition) is 2. The molecule has 0 aliphatic heterocycles. The molecule has 1 aromatic rings. The Balaban J connectivity index is 2.35. The molecule has 0 aliphatic rings. The molecule has 0 bridgehead atoms. The lowest BCUT2D eigenvalue weighted by molar-refractivity contribution is 0.0952. The maximum Gasteiger partial charge on any atom is 0.251 e. The highest BCUT2D eigenvalue weighted by atomic mass is 32.2. The number of amides is 1. The van der Waals surface area contributed by atoms with E-state index in [1.807, 2.05) is 11.8 Å². The van der Waals surface area contributed by atoms with Crippen LogP contribution in [-0.2, 0) is 0 Å². The Morgan fingerprint density at radius 1 is 1.37 bits per heavy atom. The number of carbonyl (C=O) groups excluding carboxylic acids is 1. The Bertz CT molecular complexity index is 410. The molecule has 0 saturated carbocycles. The van der Waals surface area contributed by atoms with Crippen molar-refractivity contribution in [1.82, 2.24) is 5.32 Å². The molecule has 4 nitrogen and oxygen atoms in total. The summed E-state index contributed by atoms with van der Waals surface area (Å²) >= 11 is 1.84. The summed E-state index contributed by atoms with van der Waals surface area (Å²) in [5, 5.41) is 12.4. The predicted octanol–water partition coefficient (Wildman–Crippen LogP) is 2.66. The standard InChI is InChI=1S/C14H21NO3S/c1-18-13-7-6-11(10-12(13)16)14(17)15-8-4-3-5-9-19-2/h6-7,10,16H,3-5,8-9H2,1-2H3,(H,15,17). The lowest BCUT2D eigenvalue weighted by Gasteiger charge is -2.07. The van der Waals surface area contributed by atoms with Crippen LogP contribution < -0.4 is 10.1 Å². The van der Waals surface area contributed by atoms with Gasteiger partial charge in [0.15, 0.2) is 11.5 Å². The zero-order valence-corrected chi connectivity index (χ0v) is 12.3. The molecule has 2 N–H and O–H groups in total. The number of rotatable bonds is 8. The van der Waals surface area contributed by atoms with Crippen LogP contribution in [0.5, 0.6) is 11.5 Å². The summed E-state index contributed by atoms with van der Waals surface area (Å²) < 4.78 is 4.93. The van der Waals surface area contributed by atoms with E-state index < -0.39 is 0 Å². The zero-order chi connectivity index (χ0) is 14.1. The second-order valence-electron chi connectivity index (χ2n) is 4.20. The molecule has 5 heteroatoms. The molecule has 0 unspecified atom stereocenters. The first-order chi connectivity index (χ1) is 9.19. The van der Waals surface area contributed by atoms with E-state index in [0.717, 1.165) is 12.8 Å². The highest BCUT2D eigenvalue weighted by Gasteiger charge is 2.08. The topological polar surface area (TPSA) is 58.6 Å². The molecule has 1 amide bonds. The summed E-state index contributed by atoms with van der Waals surface area (Å²) in [6.45, 7) is 0.667. The van der Waals surface area contributed by atoms with E-state index in [9.17, 15) is 9.90 Å². The smallest absolute Gasteiger partial charge is 0.251 e. The van der Waals surface area contributed by atoms with E-state index in [4.69, 9.17) is 4.74 Å². The van der Waals surface area contributed by atoms with Crippen LogP contribution in [0.1, 0.15) is 29.6 Å². The van der Waals surface area contributed by atoms with E-state index in [-0.39, 0.29) is 11.7 Å². The largest absolute Gasteiger partial charge is 0.504 e. The van der Waals surface area contributed by atoms with Crippen LogP contribution >= 0.6 is 11.8 Å². The molecule has 0 atom stereocenters. The summed E-state index contributed by atoms with van der Waals surface area (Å²) in [6.07, 6.45) is 5.38. The van der Waals surface area contributed by atoms with Gasteiger partial charge in [0.05, 0.1) is 7.11 Å². The molecular weight excluding hydrogens is 262 g/mol. The molecule has 1 rings (SSSR count). The first-order valence-corrected chi connectivity index (χ1v) is 7.72. The average molecular weight is 283 g/mol. The summed E-state index contributed by atoms with van der Waals surface area (Å²) in [4.78, 5) is 11.8. The van der Waals surface area contributed by atoms with Crippen LogP contribution in [0, 0.1) is 0 Å². The number of methoxy groups -OCH3 is 1. The van der Waals surface area contributed by atoms with Gasteiger partial charge in [-0.25, -0.2) is 0 Å². The van der Waals surface area contributed by atoms with Gasteiger partial charge in [-0.05, 0) is 43.0 Å². The normalized spacial score (nSPS) is 10.2. The van der Waals surface area contributed by atoms with Crippen LogP contribution in [0.25, 0.3) is 0 Å². The third-order valence-corrected chi connectivity index (χ3v) is 3.45. The Labute approximate surface area is 118 Å². The molecule has 0 aliphatic carbocycles. The fraction of sp³-hybridized carbons (Fsp3) is 0.500. The van der Waals surface area contributed by atoms with Crippen LogP contribution in [0.2, 0.25) is 0 Å². The van der Waals surface area contributed by atoms with E-state index in [0.29, 0.717) is 17.9 Å². The van der Waals surface area contributed by atoms with E-state index >= 15 is 0 Å². The van der Waals surface area contributed by atoms with Gasteiger partial charge in [-0.3, -0.25) is 4.79 Å². The number of thioether (sulfide) groups is 1. The van der Waals surface area contributed by atoms with Gasteiger partial charge in [0.2, 0.25) is 0 Å². The van der Waals surface area contributed by atoms with Crippen molar-refractivity contribution >= 4 is 17.7 Å². The maximum absolute atomic E-state index is 11.8. The Hall–Kier alpha value is -1.36. The molecule has 0 radical (unpaired) electrons. The van der Waals surface area contributed by atoms with Crippen LogP contribution in [-0.4, -0.2) is 36.7 Å². The molecule has 1 aromatic carbocycles. The molecule has 0 heterocycles. The summed E-state index contributed by atoms with van der Waals surface area (Å²) in [6, 6.07) is 4.65. The zero-order valence-electron chi connectivity index (χ0n) is 11.4. The van der Waals surface area contributed by atoms with Gasteiger partial charge in [0.25, 0.3) is 5.91 Å². The SMILES string of the molecule is COc1ccc(C(=O)NCCCCCSC)cc1O. The number of unbranched alkanes of at least 4 members (excludes halogenated alkanes) is 2. The highest BCUT2D eigenvalue weighted by molar-refractivity contribution is 7.98. The van der Waals surface area contributed by atoms with Crippen LogP contribution in [0.4, 0.5) is 0 Å². The van der Waals surface area contributed by atoms with E-state index in [1.54, 1.807) is 12.1 Å². The minimum atomic E-state index is -0.164. The Kier molecular flexibility index (Phi) is 7.18. The molecular formula is C14H21NO3S. The lowest BCUT2D eigenvalue weighted by atomic mass is 10.2. The van der Waals surface area contributed by atoms with Gasteiger partial charge >= 0.3 is 0 Å². The van der Waals surface area contributed by atoms with Crippen molar-refractivity contribution in [3.8, 4) is 11.5 Å². The van der Waals surface area contributed by atoms with Gasteiger partial charge in [-0.1, -0.05) is 6.42 Å². The van der Waals surface area contributed by atoms with Gasteiger partial charge in [-0.2, -0.15) is 11.8 Å². The monoisotopic (exact) mass is 283 g/mol. The summed E-state index contributed by atoms with van der Waals surface area (Å²) in [7, 11) is 1.48. The minimum absolute atomic E-state index is 0.0184. The quantitative estimate of drug-likeness (QED) is 0.720. The molecule has 0 fully saturated rings. The van der Waals surface area contributed by atoms with Crippen LogP contribution in [0.3, 0.4) is 0 Å². The number of ether oxygens (including phenoxy) is 1. The van der Waals surface area contributed by atoms with Gasteiger partial charge in [0, 0.05) is 12.1 Å². The number of hydrogen-bond acceptors (Lipinski definition) is 4. The second kappa shape index (κ2) is 8.69. The second-order valence-corrected chi connectivity index (χ2v) is 5.18.